The van der Waals surface area contributed by atoms with Crippen LogP contribution < -0.4 is 5.73 Å². The Balaban J connectivity index is 2.47. The molecule has 0 fully saturated rings. The van der Waals surface area contributed by atoms with Crippen LogP contribution >= 0.6 is 0 Å². The van der Waals surface area contributed by atoms with E-state index in [1.807, 2.05) is 0 Å². The average Bonchev–Trinajstić information content (AvgIpc) is 2.80. The zero-order chi connectivity index (χ0) is 16.4. The molecule has 22 heavy (non-hydrogen) atoms. The summed E-state index contributed by atoms with van der Waals surface area (Å²) < 4.78 is 6.20. The number of hydrogen-bond acceptors (Lipinski definition) is 7. The summed E-state index contributed by atoms with van der Waals surface area (Å²) >= 11 is 0. The minimum atomic E-state index is -0.693. The molecule has 2 rings (SSSR count). The summed E-state index contributed by atoms with van der Waals surface area (Å²) in [6.45, 7) is 5.14. The Morgan fingerprint density at radius 2 is 2.14 bits per heavy atom. The van der Waals surface area contributed by atoms with E-state index in [9.17, 15) is 14.9 Å². The van der Waals surface area contributed by atoms with E-state index in [0.717, 1.165) is 0 Å². The zero-order valence-corrected chi connectivity index (χ0v) is 12.3. The lowest BCUT2D eigenvalue weighted by Gasteiger charge is -2.08. The van der Waals surface area contributed by atoms with Crippen molar-refractivity contribution in [2.24, 2.45) is 0 Å². The largest absolute Gasteiger partial charge is 0.458 e. The van der Waals surface area contributed by atoms with Gasteiger partial charge in [0.2, 0.25) is 5.69 Å². The SMILES string of the molecule is Cc1ccc([N+](=O)[O-])cc1-n1nnc(C(=O)OC(C)C)c1N. The molecule has 1 aromatic carbocycles. The van der Waals surface area contributed by atoms with Crippen LogP contribution in [0.3, 0.4) is 0 Å². The highest BCUT2D eigenvalue weighted by Crippen LogP contribution is 2.23. The van der Waals surface area contributed by atoms with Crippen molar-refractivity contribution < 1.29 is 14.5 Å². The van der Waals surface area contributed by atoms with E-state index in [2.05, 4.69) is 10.3 Å². The molecular formula is C13H15N5O4. The van der Waals surface area contributed by atoms with Crippen molar-refractivity contribution in [3.63, 3.8) is 0 Å². The van der Waals surface area contributed by atoms with Crippen LogP contribution in [-0.2, 0) is 4.74 Å². The van der Waals surface area contributed by atoms with Crippen LogP contribution in [-0.4, -0.2) is 32.0 Å². The summed E-state index contributed by atoms with van der Waals surface area (Å²) in [5, 5.41) is 18.4. The number of non-ortho nitro benzene ring substituents is 1. The number of rotatable bonds is 4. The Hall–Kier alpha value is -2.97. The number of hydrogen-bond donors (Lipinski definition) is 1. The van der Waals surface area contributed by atoms with Gasteiger partial charge in [0.25, 0.3) is 5.69 Å². The number of carbonyl (C=O) groups is 1. The van der Waals surface area contributed by atoms with Gasteiger partial charge in [-0.1, -0.05) is 11.3 Å². The number of aromatic nitrogens is 3. The maximum atomic E-state index is 11.9. The molecule has 0 amide bonds. The van der Waals surface area contributed by atoms with Gasteiger partial charge in [-0.25, -0.2) is 4.79 Å². The molecule has 2 aromatic rings. The van der Waals surface area contributed by atoms with Crippen molar-refractivity contribution >= 4 is 17.5 Å². The van der Waals surface area contributed by atoms with E-state index in [1.165, 1.54) is 16.8 Å². The van der Waals surface area contributed by atoms with Gasteiger partial charge in [0.05, 0.1) is 16.7 Å². The highest BCUT2D eigenvalue weighted by molar-refractivity contribution is 5.92. The van der Waals surface area contributed by atoms with Crippen LogP contribution in [0.15, 0.2) is 18.2 Å². The van der Waals surface area contributed by atoms with Gasteiger partial charge >= 0.3 is 5.97 Å². The first-order valence-electron chi connectivity index (χ1n) is 6.48. The first-order chi connectivity index (χ1) is 10.3. The molecule has 1 aromatic heterocycles. The fourth-order valence-electron chi connectivity index (χ4n) is 1.82. The molecule has 0 spiro atoms. The maximum absolute atomic E-state index is 11.9. The van der Waals surface area contributed by atoms with E-state index in [1.54, 1.807) is 26.8 Å². The number of aryl methyl sites for hydroxylation is 1. The number of ether oxygens (including phenoxy) is 1. The highest BCUT2D eigenvalue weighted by Gasteiger charge is 2.22. The number of nitrogens with zero attached hydrogens (tertiary/aromatic N) is 4. The first-order valence-corrected chi connectivity index (χ1v) is 6.48. The second-order valence-corrected chi connectivity index (χ2v) is 4.92. The Morgan fingerprint density at radius 1 is 1.45 bits per heavy atom. The van der Waals surface area contributed by atoms with Crippen molar-refractivity contribution in [2.75, 3.05) is 5.73 Å². The molecule has 1 heterocycles. The monoisotopic (exact) mass is 305 g/mol. The summed E-state index contributed by atoms with van der Waals surface area (Å²) in [7, 11) is 0. The molecule has 0 unspecified atom stereocenters. The molecule has 0 saturated carbocycles. The van der Waals surface area contributed by atoms with Crippen LogP contribution in [0.2, 0.25) is 0 Å². The van der Waals surface area contributed by atoms with E-state index in [0.29, 0.717) is 11.3 Å². The Bertz CT molecular complexity index is 738. The molecule has 0 atom stereocenters. The number of benzene rings is 1. The van der Waals surface area contributed by atoms with Crippen molar-refractivity contribution in [3.05, 3.63) is 39.6 Å². The maximum Gasteiger partial charge on any atom is 0.363 e. The van der Waals surface area contributed by atoms with E-state index in [4.69, 9.17) is 10.5 Å². The van der Waals surface area contributed by atoms with Crippen molar-refractivity contribution in [3.8, 4) is 5.69 Å². The molecule has 2 N–H and O–H groups in total. The van der Waals surface area contributed by atoms with Gasteiger partial charge < -0.3 is 10.5 Å². The lowest BCUT2D eigenvalue weighted by atomic mass is 10.2. The molecule has 0 aliphatic carbocycles. The predicted molar refractivity (Wildman–Crippen MR) is 77.7 cm³/mol. The number of nitro groups is 1. The molecule has 9 heteroatoms. The van der Waals surface area contributed by atoms with Gasteiger partial charge in [-0.2, -0.15) is 4.68 Å². The lowest BCUT2D eigenvalue weighted by Crippen LogP contribution is -2.14. The van der Waals surface area contributed by atoms with Crippen LogP contribution in [0.25, 0.3) is 5.69 Å². The normalized spacial score (nSPS) is 10.7. The summed E-state index contributed by atoms with van der Waals surface area (Å²) in [4.78, 5) is 22.2. The number of anilines is 1. The molecule has 9 nitrogen and oxygen atoms in total. The molecule has 0 aliphatic rings. The third-order valence-electron chi connectivity index (χ3n) is 2.87. The zero-order valence-electron chi connectivity index (χ0n) is 12.3. The van der Waals surface area contributed by atoms with Gasteiger partial charge in [0.15, 0.2) is 5.82 Å². The molecule has 0 radical (unpaired) electrons. The number of esters is 1. The summed E-state index contributed by atoms with van der Waals surface area (Å²) in [6, 6.07) is 4.26. The third kappa shape index (κ3) is 2.87. The van der Waals surface area contributed by atoms with E-state index >= 15 is 0 Å². The average molecular weight is 305 g/mol. The summed E-state index contributed by atoms with van der Waals surface area (Å²) in [5.74, 6) is -0.726. The minimum absolute atomic E-state index is 0.0331. The van der Waals surface area contributed by atoms with Crippen LogP contribution in [0.4, 0.5) is 11.5 Å². The van der Waals surface area contributed by atoms with Crippen molar-refractivity contribution in [1.29, 1.82) is 0 Å². The second kappa shape index (κ2) is 5.80. The van der Waals surface area contributed by atoms with E-state index in [-0.39, 0.29) is 23.3 Å². The van der Waals surface area contributed by atoms with Crippen LogP contribution in [0.5, 0.6) is 0 Å². The predicted octanol–water partition coefficient (Wildman–Crippen LogP) is 1.63. The van der Waals surface area contributed by atoms with Gasteiger partial charge in [-0.05, 0) is 26.3 Å². The Labute approximate surface area is 125 Å². The van der Waals surface area contributed by atoms with E-state index < -0.39 is 10.9 Å². The number of carbonyl (C=O) groups excluding carboxylic acids is 1. The quantitative estimate of drug-likeness (QED) is 0.516. The van der Waals surface area contributed by atoms with Crippen LogP contribution in [0, 0.1) is 17.0 Å². The van der Waals surface area contributed by atoms with Crippen LogP contribution in [0.1, 0.15) is 29.9 Å². The molecule has 116 valence electrons. The summed E-state index contributed by atoms with van der Waals surface area (Å²) in [5.41, 5.74) is 6.72. The first kappa shape index (κ1) is 15.4. The number of nitrogen functional groups attached to an aromatic ring is 1. The van der Waals surface area contributed by atoms with Gasteiger partial charge in [-0.15, -0.1) is 5.10 Å². The molecular weight excluding hydrogens is 290 g/mol. The number of nitro benzene ring substituents is 1. The van der Waals surface area contributed by atoms with Gasteiger partial charge in [0, 0.05) is 12.1 Å². The van der Waals surface area contributed by atoms with Gasteiger partial charge in [-0.3, -0.25) is 10.1 Å². The number of nitrogens with two attached hydrogens (primary N) is 1. The van der Waals surface area contributed by atoms with Crippen molar-refractivity contribution in [2.45, 2.75) is 26.9 Å². The minimum Gasteiger partial charge on any atom is -0.458 e. The standard InChI is InChI=1S/C13H15N5O4/c1-7(2)22-13(19)11-12(14)17(16-15-11)10-6-9(18(20)21)5-4-8(10)3/h4-7H,14H2,1-3H3. The Morgan fingerprint density at radius 3 is 2.73 bits per heavy atom. The second-order valence-electron chi connectivity index (χ2n) is 4.92. The highest BCUT2D eigenvalue weighted by atomic mass is 16.6. The molecule has 0 bridgehead atoms. The molecule has 0 aliphatic heterocycles. The smallest absolute Gasteiger partial charge is 0.363 e. The fraction of sp³-hybridized carbons (Fsp3) is 0.308. The summed E-state index contributed by atoms with van der Waals surface area (Å²) in [6.07, 6.45) is -0.323. The topological polar surface area (TPSA) is 126 Å². The Kier molecular flexibility index (Phi) is 4.06. The van der Waals surface area contributed by atoms with Crippen molar-refractivity contribution in [1.82, 2.24) is 15.0 Å². The third-order valence-corrected chi connectivity index (χ3v) is 2.87. The lowest BCUT2D eigenvalue weighted by molar-refractivity contribution is -0.384. The van der Waals surface area contributed by atoms with Gasteiger partial charge in [0.1, 0.15) is 0 Å². The fourth-order valence-corrected chi connectivity index (χ4v) is 1.82. The molecule has 0 saturated heterocycles.